The quantitative estimate of drug-likeness (QED) is 0.736. The van der Waals surface area contributed by atoms with Crippen LogP contribution in [0, 0.1) is 19.7 Å². The van der Waals surface area contributed by atoms with E-state index in [0.717, 1.165) is 11.1 Å². The molecule has 0 fully saturated rings. The number of aryl methyl sites for hydroxylation is 2. The lowest BCUT2D eigenvalue weighted by atomic mass is 9.99. The van der Waals surface area contributed by atoms with Gasteiger partial charge in [-0.05, 0) is 60.5 Å². The molecule has 1 unspecified atom stereocenters. The summed E-state index contributed by atoms with van der Waals surface area (Å²) in [4.78, 5) is 12.5. The van der Waals surface area contributed by atoms with Crippen LogP contribution in [0.25, 0.3) is 0 Å². The molecule has 0 aliphatic heterocycles. The molecule has 0 N–H and O–H groups in total. The van der Waals surface area contributed by atoms with Crippen LogP contribution < -0.4 is 4.74 Å². The molecule has 4 heteroatoms. The molecule has 2 nitrogen and oxygen atoms in total. The molecule has 0 saturated carbocycles. The molecular weight excluding hydrogens is 335 g/mol. The zero-order chi connectivity index (χ0) is 15.6. The molecule has 0 aliphatic rings. The molecule has 21 heavy (non-hydrogen) atoms. The normalized spacial score (nSPS) is 12.0. The maximum Gasteiger partial charge on any atom is 0.203 e. The Morgan fingerprint density at radius 3 is 2.62 bits per heavy atom. The first-order chi connectivity index (χ1) is 9.88. The minimum atomic E-state index is -0.691. The van der Waals surface area contributed by atoms with Crippen LogP contribution in [-0.2, 0) is 0 Å². The van der Waals surface area contributed by atoms with E-state index in [0.29, 0.717) is 15.8 Å². The van der Waals surface area contributed by atoms with Crippen molar-refractivity contribution in [3.8, 4) is 5.75 Å². The third-order valence-corrected chi connectivity index (χ3v) is 3.88. The molecule has 0 saturated heterocycles. The Hall–Kier alpha value is -1.68. The van der Waals surface area contributed by atoms with Crippen molar-refractivity contribution in [1.29, 1.82) is 0 Å². The SMILES string of the molecule is Cc1ccc(C)c(C(=O)C(C)Oc2cc(F)ccc2Br)c1. The van der Waals surface area contributed by atoms with Gasteiger partial charge in [0, 0.05) is 11.6 Å². The summed E-state index contributed by atoms with van der Waals surface area (Å²) in [5.74, 6) is -0.201. The number of ether oxygens (including phenoxy) is 1. The number of benzene rings is 2. The highest BCUT2D eigenvalue weighted by molar-refractivity contribution is 9.10. The highest BCUT2D eigenvalue weighted by Gasteiger charge is 2.20. The minimum Gasteiger partial charge on any atom is -0.481 e. The van der Waals surface area contributed by atoms with E-state index in [1.807, 2.05) is 32.0 Å². The van der Waals surface area contributed by atoms with Crippen LogP contribution in [0.4, 0.5) is 4.39 Å². The number of halogens is 2. The van der Waals surface area contributed by atoms with Gasteiger partial charge in [0.25, 0.3) is 0 Å². The number of carbonyl (C=O) groups excluding carboxylic acids is 1. The van der Waals surface area contributed by atoms with E-state index in [-0.39, 0.29) is 5.78 Å². The second-order valence-electron chi connectivity index (χ2n) is 5.02. The predicted octanol–water partition coefficient (Wildman–Crippen LogP) is 4.86. The van der Waals surface area contributed by atoms with Crippen LogP contribution in [0.2, 0.25) is 0 Å². The lowest BCUT2D eigenvalue weighted by molar-refractivity contribution is 0.0815. The van der Waals surface area contributed by atoms with Crippen molar-refractivity contribution >= 4 is 21.7 Å². The highest BCUT2D eigenvalue weighted by atomic mass is 79.9. The molecular formula is C17H16BrFO2. The van der Waals surface area contributed by atoms with Gasteiger partial charge in [0.1, 0.15) is 11.6 Å². The summed E-state index contributed by atoms with van der Waals surface area (Å²) in [7, 11) is 0. The van der Waals surface area contributed by atoms with E-state index in [1.54, 1.807) is 13.0 Å². The highest BCUT2D eigenvalue weighted by Crippen LogP contribution is 2.27. The third kappa shape index (κ3) is 3.70. The maximum absolute atomic E-state index is 13.3. The lowest BCUT2D eigenvalue weighted by Gasteiger charge is -2.16. The molecule has 0 bridgehead atoms. The topological polar surface area (TPSA) is 26.3 Å². The fraction of sp³-hybridized carbons (Fsp3) is 0.235. The molecule has 1 atom stereocenters. The van der Waals surface area contributed by atoms with Crippen LogP contribution in [-0.4, -0.2) is 11.9 Å². The fourth-order valence-electron chi connectivity index (χ4n) is 2.03. The number of rotatable bonds is 4. The van der Waals surface area contributed by atoms with E-state index in [2.05, 4.69) is 15.9 Å². The van der Waals surface area contributed by atoms with Gasteiger partial charge in [-0.15, -0.1) is 0 Å². The number of Topliss-reactive ketones (excluding diaryl/α,β-unsaturated/α-hetero) is 1. The van der Waals surface area contributed by atoms with Gasteiger partial charge in [-0.25, -0.2) is 4.39 Å². The van der Waals surface area contributed by atoms with E-state index in [4.69, 9.17) is 4.74 Å². The predicted molar refractivity (Wildman–Crippen MR) is 84.4 cm³/mol. The Labute approximate surface area is 132 Å². The van der Waals surface area contributed by atoms with Gasteiger partial charge in [0.15, 0.2) is 6.10 Å². The number of ketones is 1. The second kappa shape index (κ2) is 6.39. The summed E-state index contributed by atoms with van der Waals surface area (Å²) in [6.07, 6.45) is -0.691. The van der Waals surface area contributed by atoms with Gasteiger partial charge in [-0.3, -0.25) is 4.79 Å². The minimum absolute atomic E-state index is 0.118. The van der Waals surface area contributed by atoms with E-state index >= 15 is 0 Å². The smallest absolute Gasteiger partial charge is 0.203 e. The van der Waals surface area contributed by atoms with E-state index in [9.17, 15) is 9.18 Å². The average molecular weight is 351 g/mol. The van der Waals surface area contributed by atoms with E-state index in [1.165, 1.54) is 12.1 Å². The van der Waals surface area contributed by atoms with Crippen molar-refractivity contribution in [2.24, 2.45) is 0 Å². The molecule has 110 valence electrons. The first-order valence-electron chi connectivity index (χ1n) is 6.61. The Bertz CT molecular complexity index is 682. The van der Waals surface area contributed by atoms with Crippen LogP contribution >= 0.6 is 15.9 Å². The summed E-state index contributed by atoms with van der Waals surface area (Å²) in [5, 5.41) is 0. The Balaban J connectivity index is 2.23. The molecule has 0 radical (unpaired) electrons. The number of carbonyl (C=O) groups is 1. The van der Waals surface area contributed by atoms with Gasteiger partial charge in [0.05, 0.1) is 4.47 Å². The summed E-state index contributed by atoms with van der Waals surface area (Å²) < 4.78 is 19.5. The largest absolute Gasteiger partial charge is 0.481 e. The monoisotopic (exact) mass is 350 g/mol. The third-order valence-electron chi connectivity index (χ3n) is 3.22. The summed E-state index contributed by atoms with van der Waals surface area (Å²) >= 11 is 3.29. The summed E-state index contributed by atoms with van der Waals surface area (Å²) in [6.45, 7) is 5.49. The molecule has 2 aromatic carbocycles. The van der Waals surface area contributed by atoms with Crippen molar-refractivity contribution in [2.45, 2.75) is 26.9 Å². The number of hydrogen-bond acceptors (Lipinski definition) is 2. The number of hydrogen-bond donors (Lipinski definition) is 0. The Kier molecular flexibility index (Phi) is 4.78. The first kappa shape index (κ1) is 15.7. The van der Waals surface area contributed by atoms with Gasteiger partial charge < -0.3 is 4.74 Å². The van der Waals surface area contributed by atoms with Crippen molar-refractivity contribution in [3.63, 3.8) is 0 Å². The molecule has 0 aliphatic carbocycles. The molecule has 0 spiro atoms. The fourth-order valence-corrected chi connectivity index (χ4v) is 2.37. The van der Waals surface area contributed by atoms with Gasteiger partial charge in [-0.1, -0.05) is 17.7 Å². The lowest BCUT2D eigenvalue weighted by Crippen LogP contribution is -2.25. The van der Waals surface area contributed by atoms with Crippen molar-refractivity contribution in [2.75, 3.05) is 0 Å². The Morgan fingerprint density at radius 1 is 1.19 bits per heavy atom. The van der Waals surface area contributed by atoms with E-state index < -0.39 is 11.9 Å². The van der Waals surface area contributed by atoms with Crippen LogP contribution in [0.3, 0.4) is 0 Å². The molecule has 0 amide bonds. The van der Waals surface area contributed by atoms with Crippen LogP contribution in [0.5, 0.6) is 5.75 Å². The molecule has 2 aromatic rings. The maximum atomic E-state index is 13.3. The molecule has 2 rings (SSSR count). The van der Waals surface area contributed by atoms with Gasteiger partial charge in [0.2, 0.25) is 5.78 Å². The summed E-state index contributed by atoms with van der Waals surface area (Å²) in [5.41, 5.74) is 2.55. The van der Waals surface area contributed by atoms with Crippen LogP contribution in [0.1, 0.15) is 28.4 Å². The van der Waals surface area contributed by atoms with Crippen molar-refractivity contribution < 1.29 is 13.9 Å². The van der Waals surface area contributed by atoms with Gasteiger partial charge in [-0.2, -0.15) is 0 Å². The zero-order valence-electron chi connectivity index (χ0n) is 12.1. The second-order valence-corrected chi connectivity index (χ2v) is 5.87. The molecule has 0 aromatic heterocycles. The first-order valence-corrected chi connectivity index (χ1v) is 7.41. The average Bonchev–Trinajstić information content (AvgIpc) is 2.44. The van der Waals surface area contributed by atoms with Gasteiger partial charge >= 0.3 is 0 Å². The zero-order valence-corrected chi connectivity index (χ0v) is 13.7. The standard InChI is InChI=1S/C17H16BrFO2/c1-10-4-5-11(2)14(8-10)17(20)12(3)21-16-9-13(19)6-7-15(16)18/h4-9,12H,1-3H3. The van der Waals surface area contributed by atoms with Crippen molar-refractivity contribution in [1.82, 2.24) is 0 Å². The molecule has 0 heterocycles. The van der Waals surface area contributed by atoms with Crippen molar-refractivity contribution in [3.05, 3.63) is 63.4 Å². The Morgan fingerprint density at radius 2 is 1.90 bits per heavy atom. The van der Waals surface area contributed by atoms with Crippen LogP contribution in [0.15, 0.2) is 40.9 Å². The summed E-state index contributed by atoms with van der Waals surface area (Å²) in [6, 6.07) is 9.86.